The second-order valence-electron chi connectivity index (χ2n) is 5.92. The summed E-state index contributed by atoms with van der Waals surface area (Å²) in [6, 6.07) is 4.52. The fraction of sp³-hybridized carbons (Fsp3) is 0.353. The van der Waals surface area contributed by atoms with Gasteiger partial charge in [-0.15, -0.1) is 0 Å². The van der Waals surface area contributed by atoms with E-state index in [9.17, 15) is 22.8 Å². The van der Waals surface area contributed by atoms with E-state index in [0.717, 1.165) is 0 Å². The normalized spacial score (nSPS) is 14.9. The highest BCUT2D eigenvalue weighted by Gasteiger charge is 2.40. The quantitative estimate of drug-likeness (QED) is 0.881. The average Bonchev–Trinajstić information content (AvgIpc) is 3.14. The summed E-state index contributed by atoms with van der Waals surface area (Å²) in [5.74, 6) is -2.28. The van der Waals surface area contributed by atoms with E-state index in [4.69, 9.17) is 4.74 Å². The van der Waals surface area contributed by atoms with Gasteiger partial charge in [-0.3, -0.25) is 9.59 Å². The highest BCUT2D eigenvalue weighted by atomic mass is 19.4. The third-order valence-corrected chi connectivity index (χ3v) is 4.07. The third-order valence-electron chi connectivity index (χ3n) is 4.07. The number of anilines is 1. The molecule has 1 fully saturated rings. The van der Waals surface area contributed by atoms with Crippen LogP contribution in [-0.4, -0.2) is 48.0 Å². The SMILES string of the molecule is Cc1ccc(NC(=O)c2ocnc2C(F)(F)F)cc1C(=O)N1CCOCC1. The lowest BCUT2D eigenvalue weighted by Gasteiger charge is -2.27. The summed E-state index contributed by atoms with van der Waals surface area (Å²) in [7, 11) is 0. The Balaban J connectivity index is 1.81. The largest absolute Gasteiger partial charge is 0.438 e. The number of nitrogens with zero attached hydrogens (tertiary/aromatic N) is 2. The maximum absolute atomic E-state index is 12.8. The topological polar surface area (TPSA) is 84.7 Å². The first kappa shape index (κ1) is 18.9. The molecular formula is C17H16F3N3O4. The zero-order chi connectivity index (χ0) is 19.6. The van der Waals surface area contributed by atoms with E-state index in [0.29, 0.717) is 43.8 Å². The molecule has 1 saturated heterocycles. The molecule has 10 heteroatoms. The smallest absolute Gasteiger partial charge is 0.437 e. The van der Waals surface area contributed by atoms with Crippen molar-refractivity contribution in [2.45, 2.75) is 13.1 Å². The number of morpholine rings is 1. The first-order chi connectivity index (χ1) is 12.8. The zero-order valence-electron chi connectivity index (χ0n) is 14.3. The van der Waals surface area contributed by atoms with Crippen molar-refractivity contribution in [1.82, 2.24) is 9.88 Å². The molecule has 3 rings (SSSR count). The standard InChI is InChI=1S/C17H16F3N3O4/c1-10-2-3-11(8-12(10)16(25)23-4-6-26-7-5-23)22-15(24)13-14(17(18,19)20)21-9-27-13/h2-3,8-9H,4-7H2,1H3,(H,22,24). The molecule has 1 N–H and O–H groups in total. The highest BCUT2D eigenvalue weighted by molar-refractivity contribution is 6.04. The number of aromatic nitrogens is 1. The maximum atomic E-state index is 12.8. The molecule has 0 bridgehead atoms. The van der Waals surface area contributed by atoms with Gasteiger partial charge in [0.15, 0.2) is 12.1 Å². The Morgan fingerprint density at radius 2 is 1.93 bits per heavy atom. The molecule has 0 radical (unpaired) electrons. The monoisotopic (exact) mass is 383 g/mol. The minimum Gasteiger partial charge on any atom is -0.438 e. The van der Waals surface area contributed by atoms with Crippen molar-refractivity contribution in [1.29, 1.82) is 0 Å². The summed E-state index contributed by atoms with van der Waals surface area (Å²) in [4.78, 5) is 29.5. The molecule has 27 heavy (non-hydrogen) atoms. The number of benzene rings is 1. The number of hydrogen-bond donors (Lipinski definition) is 1. The minimum absolute atomic E-state index is 0.173. The Kier molecular flexibility index (Phi) is 5.17. The second kappa shape index (κ2) is 7.39. The van der Waals surface area contributed by atoms with Crippen LogP contribution in [0.25, 0.3) is 0 Å². The van der Waals surface area contributed by atoms with Crippen molar-refractivity contribution in [3.63, 3.8) is 0 Å². The van der Waals surface area contributed by atoms with Crippen LogP contribution in [-0.2, 0) is 10.9 Å². The third kappa shape index (κ3) is 4.11. The van der Waals surface area contributed by atoms with Gasteiger partial charge in [-0.25, -0.2) is 4.98 Å². The number of carbonyl (C=O) groups excluding carboxylic acids is 2. The maximum Gasteiger partial charge on any atom is 0.437 e. The number of nitrogens with one attached hydrogen (secondary N) is 1. The van der Waals surface area contributed by atoms with Crippen LogP contribution in [0.1, 0.15) is 32.2 Å². The molecule has 7 nitrogen and oxygen atoms in total. The number of rotatable bonds is 3. The van der Waals surface area contributed by atoms with Crippen LogP contribution in [0, 0.1) is 6.92 Å². The molecule has 1 aromatic carbocycles. The fourth-order valence-corrected chi connectivity index (χ4v) is 2.66. The van der Waals surface area contributed by atoms with Gasteiger partial charge in [0.05, 0.1) is 13.2 Å². The van der Waals surface area contributed by atoms with Gasteiger partial charge in [-0.2, -0.15) is 13.2 Å². The lowest BCUT2D eigenvalue weighted by molar-refractivity contribution is -0.141. The van der Waals surface area contributed by atoms with Crippen molar-refractivity contribution in [3.05, 3.63) is 47.2 Å². The summed E-state index contributed by atoms with van der Waals surface area (Å²) in [5.41, 5.74) is -0.202. The van der Waals surface area contributed by atoms with Crippen LogP contribution in [0.4, 0.5) is 18.9 Å². The predicted molar refractivity (Wildman–Crippen MR) is 87.4 cm³/mol. The summed E-state index contributed by atoms with van der Waals surface area (Å²) in [6.07, 6.45) is -4.26. The summed E-state index contributed by atoms with van der Waals surface area (Å²) in [6.45, 7) is 3.50. The Labute approximate surface area is 152 Å². The van der Waals surface area contributed by atoms with E-state index in [1.54, 1.807) is 17.9 Å². The molecule has 2 aromatic rings. The van der Waals surface area contributed by atoms with Crippen LogP contribution < -0.4 is 5.32 Å². The molecule has 0 atom stereocenters. The number of ether oxygens (including phenoxy) is 1. The molecule has 144 valence electrons. The van der Waals surface area contributed by atoms with Crippen molar-refractivity contribution in [3.8, 4) is 0 Å². The van der Waals surface area contributed by atoms with Gasteiger partial charge in [0.25, 0.3) is 11.8 Å². The number of carbonyl (C=O) groups is 2. The number of amides is 2. The van der Waals surface area contributed by atoms with Gasteiger partial charge in [0.2, 0.25) is 5.76 Å². The summed E-state index contributed by atoms with van der Waals surface area (Å²) in [5, 5.41) is 2.31. The van der Waals surface area contributed by atoms with Gasteiger partial charge < -0.3 is 19.4 Å². The number of oxazole rings is 1. The van der Waals surface area contributed by atoms with Gasteiger partial charge in [0, 0.05) is 24.3 Å². The number of hydrogen-bond acceptors (Lipinski definition) is 5. The molecule has 1 aliphatic heterocycles. The Morgan fingerprint density at radius 1 is 1.22 bits per heavy atom. The average molecular weight is 383 g/mol. The molecule has 1 aromatic heterocycles. The lowest BCUT2D eigenvalue weighted by Crippen LogP contribution is -2.41. The Bertz CT molecular complexity index is 857. The highest BCUT2D eigenvalue weighted by Crippen LogP contribution is 2.31. The molecule has 0 saturated carbocycles. The van der Waals surface area contributed by atoms with E-state index < -0.39 is 23.5 Å². The molecule has 0 unspecified atom stereocenters. The van der Waals surface area contributed by atoms with Crippen LogP contribution in [0.3, 0.4) is 0 Å². The van der Waals surface area contributed by atoms with Crippen LogP contribution in [0.2, 0.25) is 0 Å². The molecule has 2 amide bonds. The van der Waals surface area contributed by atoms with E-state index >= 15 is 0 Å². The van der Waals surface area contributed by atoms with E-state index in [-0.39, 0.29) is 11.6 Å². The van der Waals surface area contributed by atoms with Crippen molar-refractivity contribution >= 4 is 17.5 Å². The first-order valence-corrected chi connectivity index (χ1v) is 8.07. The van der Waals surface area contributed by atoms with Crippen LogP contribution in [0.15, 0.2) is 29.0 Å². The molecule has 0 spiro atoms. The molecule has 0 aliphatic carbocycles. The van der Waals surface area contributed by atoms with Crippen LogP contribution in [0.5, 0.6) is 0 Å². The van der Waals surface area contributed by atoms with Gasteiger partial charge >= 0.3 is 6.18 Å². The fourth-order valence-electron chi connectivity index (χ4n) is 2.66. The van der Waals surface area contributed by atoms with E-state index in [1.807, 2.05) is 0 Å². The van der Waals surface area contributed by atoms with Gasteiger partial charge in [-0.1, -0.05) is 6.07 Å². The number of alkyl halides is 3. The second-order valence-corrected chi connectivity index (χ2v) is 5.92. The zero-order valence-corrected chi connectivity index (χ0v) is 14.3. The number of halogens is 3. The van der Waals surface area contributed by atoms with Crippen molar-refractivity contribution in [2.24, 2.45) is 0 Å². The predicted octanol–water partition coefficient (Wildman–Crippen LogP) is 2.73. The molecule has 1 aliphatic rings. The minimum atomic E-state index is -4.82. The van der Waals surface area contributed by atoms with Crippen LogP contribution >= 0.6 is 0 Å². The van der Waals surface area contributed by atoms with E-state index in [1.165, 1.54) is 12.1 Å². The summed E-state index contributed by atoms with van der Waals surface area (Å²) >= 11 is 0. The van der Waals surface area contributed by atoms with Crippen molar-refractivity contribution < 1.29 is 31.9 Å². The Hall–Kier alpha value is -2.88. The molecular weight excluding hydrogens is 367 g/mol. The van der Waals surface area contributed by atoms with E-state index in [2.05, 4.69) is 14.7 Å². The first-order valence-electron chi connectivity index (χ1n) is 8.07. The number of aryl methyl sites for hydroxylation is 1. The van der Waals surface area contributed by atoms with Crippen molar-refractivity contribution in [2.75, 3.05) is 31.6 Å². The lowest BCUT2D eigenvalue weighted by atomic mass is 10.1. The van der Waals surface area contributed by atoms with Gasteiger partial charge in [0.1, 0.15) is 0 Å². The molecule has 2 heterocycles. The Morgan fingerprint density at radius 3 is 2.59 bits per heavy atom. The van der Waals surface area contributed by atoms with Gasteiger partial charge in [-0.05, 0) is 24.6 Å². The summed E-state index contributed by atoms with van der Waals surface area (Å²) < 4.78 is 48.3.